The third-order valence-corrected chi connectivity index (χ3v) is 6.08. The Morgan fingerprint density at radius 3 is 2.19 bits per heavy atom. The summed E-state index contributed by atoms with van der Waals surface area (Å²) in [5.41, 5.74) is 2.60. The van der Waals surface area contributed by atoms with Crippen LogP contribution in [0.2, 0.25) is 0 Å². The molecule has 0 bridgehead atoms. The van der Waals surface area contributed by atoms with Gasteiger partial charge in [-0.3, -0.25) is 10.1 Å². The average Bonchev–Trinajstić information content (AvgIpc) is 3.06. The molecule has 31 heavy (non-hydrogen) atoms. The van der Waals surface area contributed by atoms with E-state index in [1.165, 1.54) is 0 Å². The van der Waals surface area contributed by atoms with Crippen molar-refractivity contribution >= 4 is 11.9 Å². The van der Waals surface area contributed by atoms with Gasteiger partial charge in [-0.15, -0.1) is 0 Å². The lowest BCUT2D eigenvalue weighted by molar-refractivity contribution is -0.124. The third kappa shape index (κ3) is 2.94. The van der Waals surface area contributed by atoms with Crippen LogP contribution in [0.5, 0.6) is 11.5 Å². The largest absolute Gasteiger partial charge is 0.457 e. The van der Waals surface area contributed by atoms with Gasteiger partial charge in [-0.2, -0.15) is 5.26 Å². The van der Waals surface area contributed by atoms with Crippen molar-refractivity contribution in [2.75, 3.05) is 0 Å². The van der Waals surface area contributed by atoms with Gasteiger partial charge >= 0.3 is 6.03 Å². The highest BCUT2D eigenvalue weighted by atomic mass is 16.5. The van der Waals surface area contributed by atoms with Crippen molar-refractivity contribution in [1.82, 2.24) is 10.6 Å². The standard InChI is InChI=1S/C25H19N3O3/c1-15-12-16(14-26)10-11-20(15)25(23(29)27-24(30)28-25)13-19-17-6-2-4-8-21(17)31-22-9-5-3-7-18(19)22/h2-12,19H,13H2,1H3,(H2,27,28,29,30). The van der Waals surface area contributed by atoms with E-state index in [1.54, 1.807) is 18.2 Å². The molecule has 1 unspecified atom stereocenters. The molecule has 0 saturated carbocycles. The molecule has 6 nitrogen and oxygen atoms in total. The lowest BCUT2D eigenvalue weighted by Gasteiger charge is -2.35. The molecule has 1 fully saturated rings. The van der Waals surface area contributed by atoms with Crippen molar-refractivity contribution in [2.24, 2.45) is 0 Å². The number of nitriles is 1. The number of hydrogen-bond donors (Lipinski definition) is 2. The first-order valence-electron chi connectivity index (χ1n) is 10.0. The summed E-state index contributed by atoms with van der Waals surface area (Å²) in [6, 6.07) is 22.3. The number of rotatable bonds is 3. The van der Waals surface area contributed by atoms with E-state index in [2.05, 4.69) is 16.7 Å². The summed E-state index contributed by atoms with van der Waals surface area (Å²) >= 11 is 0. The molecule has 3 amide bonds. The molecule has 2 heterocycles. The number of carbonyl (C=O) groups is 2. The van der Waals surface area contributed by atoms with E-state index in [-0.39, 0.29) is 5.92 Å². The molecule has 0 radical (unpaired) electrons. The van der Waals surface area contributed by atoms with Gasteiger partial charge in [-0.25, -0.2) is 4.79 Å². The van der Waals surface area contributed by atoms with E-state index in [9.17, 15) is 14.9 Å². The van der Waals surface area contributed by atoms with Crippen LogP contribution in [0.4, 0.5) is 4.79 Å². The maximum absolute atomic E-state index is 13.2. The minimum absolute atomic E-state index is 0.180. The number of urea groups is 1. The zero-order chi connectivity index (χ0) is 21.6. The smallest absolute Gasteiger partial charge is 0.322 e. The highest BCUT2D eigenvalue weighted by Gasteiger charge is 2.50. The summed E-state index contributed by atoms with van der Waals surface area (Å²) in [4.78, 5) is 25.5. The van der Waals surface area contributed by atoms with Gasteiger partial charge in [0.15, 0.2) is 0 Å². The summed E-state index contributed by atoms with van der Waals surface area (Å²) in [7, 11) is 0. The maximum Gasteiger partial charge on any atom is 0.322 e. The maximum atomic E-state index is 13.2. The van der Waals surface area contributed by atoms with Gasteiger partial charge in [-0.1, -0.05) is 42.5 Å². The third-order valence-electron chi connectivity index (χ3n) is 6.08. The first kappa shape index (κ1) is 18.9. The zero-order valence-corrected chi connectivity index (χ0v) is 16.8. The topological polar surface area (TPSA) is 91.2 Å². The molecule has 152 valence electrons. The average molecular weight is 409 g/mol. The van der Waals surface area contributed by atoms with E-state index in [0.29, 0.717) is 17.5 Å². The monoisotopic (exact) mass is 409 g/mol. The summed E-state index contributed by atoms with van der Waals surface area (Å²) < 4.78 is 6.09. The summed E-state index contributed by atoms with van der Waals surface area (Å²) in [5.74, 6) is 0.900. The molecule has 3 aromatic carbocycles. The van der Waals surface area contributed by atoms with Crippen LogP contribution in [-0.2, 0) is 10.3 Å². The molecule has 1 saturated heterocycles. The Labute approximate surface area is 179 Å². The van der Waals surface area contributed by atoms with Crippen molar-refractivity contribution in [1.29, 1.82) is 5.26 Å². The Bertz CT molecular complexity index is 1230. The highest BCUT2D eigenvalue weighted by Crippen LogP contribution is 2.49. The highest BCUT2D eigenvalue weighted by molar-refractivity contribution is 6.07. The summed E-state index contributed by atoms with van der Waals surface area (Å²) in [6.07, 6.45) is 0.314. The second-order valence-corrected chi connectivity index (χ2v) is 7.89. The normalized spacial score (nSPS) is 19.5. The van der Waals surface area contributed by atoms with Crippen LogP contribution in [0, 0.1) is 18.3 Å². The van der Waals surface area contributed by atoms with Gasteiger partial charge in [0.2, 0.25) is 0 Å². The van der Waals surface area contributed by atoms with Gasteiger partial charge in [0.1, 0.15) is 17.0 Å². The van der Waals surface area contributed by atoms with Crippen LogP contribution in [0.25, 0.3) is 0 Å². The number of imide groups is 1. The quantitative estimate of drug-likeness (QED) is 0.634. The molecule has 2 aliphatic heterocycles. The number of carbonyl (C=O) groups excluding carboxylic acids is 2. The van der Waals surface area contributed by atoms with Gasteiger partial charge in [-0.05, 0) is 48.7 Å². The van der Waals surface area contributed by atoms with Crippen LogP contribution in [0.3, 0.4) is 0 Å². The molecule has 2 aliphatic rings. The number of benzene rings is 3. The number of ether oxygens (including phenoxy) is 1. The minimum Gasteiger partial charge on any atom is -0.457 e. The van der Waals surface area contributed by atoms with Gasteiger partial charge in [0.25, 0.3) is 5.91 Å². The Morgan fingerprint density at radius 2 is 1.65 bits per heavy atom. The molecule has 1 atom stereocenters. The number of nitrogens with zero attached hydrogens (tertiary/aromatic N) is 1. The molecule has 6 heteroatoms. The van der Waals surface area contributed by atoms with E-state index in [1.807, 2.05) is 55.5 Å². The van der Waals surface area contributed by atoms with Crippen molar-refractivity contribution in [3.63, 3.8) is 0 Å². The predicted molar refractivity (Wildman–Crippen MR) is 114 cm³/mol. The van der Waals surface area contributed by atoms with Crippen LogP contribution >= 0.6 is 0 Å². The lowest BCUT2D eigenvalue weighted by atomic mass is 9.74. The number of hydrogen-bond acceptors (Lipinski definition) is 4. The van der Waals surface area contributed by atoms with Crippen LogP contribution in [0.1, 0.15) is 40.2 Å². The van der Waals surface area contributed by atoms with Crippen molar-refractivity contribution in [3.8, 4) is 17.6 Å². The zero-order valence-electron chi connectivity index (χ0n) is 16.8. The Morgan fingerprint density at radius 1 is 1.00 bits per heavy atom. The van der Waals surface area contributed by atoms with Gasteiger partial charge in [0, 0.05) is 17.0 Å². The molecule has 2 N–H and O–H groups in total. The van der Waals surface area contributed by atoms with Crippen molar-refractivity contribution < 1.29 is 14.3 Å². The number of aryl methyl sites for hydroxylation is 1. The fourth-order valence-electron chi connectivity index (χ4n) is 4.68. The number of fused-ring (bicyclic) bond motifs is 2. The van der Waals surface area contributed by atoms with E-state index < -0.39 is 17.5 Å². The number of nitrogens with one attached hydrogen (secondary N) is 2. The first-order valence-corrected chi connectivity index (χ1v) is 10.0. The van der Waals surface area contributed by atoms with Crippen LogP contribution in [-0.4, -0.2) is 11.9 Å². The Kier molecular flexibility index (Phi) is 4.26. The minimum atomic E-state index is -1.27. The first-order chi connectivity index (χ1) is 15.0. The summed E-state index contributed by atoms with van der Waals surface area (Å²) in [5, 5.41) is 14.6. The van der Waals surface area contributed by atoms with Crippen molar-refractivity contribution in [2.45, 2.75) is 24.8 Å². The van der Waals surface area contributed by atoms with Gasteiger partial charge < -0.3 is 10.1 Å². The summed E-state index contributed by atoms with van der Waals surface area (Å²) in [6.45, 7) is 1.85. The molecule has 0 spiro atoms. The molecule has 5 rings (SSSR count). The van der Waals surface area contributed by atoms with E-state index in [4.69, 9.17) is 4.74 Å². The molecule has 0 aliphatic carbocycles. The van der Waals surface area contributed by atoms with Crippen LogP contribution < -0.4 is 15.4 Å². The number of amides is 3. The lowest BCUT2D eigenvalue weighted by Crippen LogP contribution is -2.46. The van der Waals surface area contributed by atoms with E-state index in [0.717, 1.165) is 28.2 Å². The second-order valence-electron chi connectivity index (χ2n) is 7.89. The fraction of sp³-hybridized carbons (Fsp3) is 0.160. The van der Waals surface area contributed by atoms with Crippen molar-refractivity contribution in [3.05, 3.63) is 94.5 Å². The van der Waals surface area contributed by atoms with Gasteiger partial charge in [0.05, 0.1) is 11.6 Å². The van der Waals surface area contributed by atoms with E-state index >= 15 is 0 Å². The number of para-hydroxylation sites is 2. The Balaban J connectivity index is 1.68. The second kappa shape index (κ2) is 6.99. The van der Waals surface area contributed by atoms with Crippen LogP contribution in [0.15, 0.2) is 66.7 Å². The molecular formula is C25H19N3O3. The molecular weight excluding hydrogens is 390 g/mol. The predicted octanol–water partition coefficient (Wildman–Crippen LogP) is 4.23. The Hall–Kier alpha value is -4.11. The SMILES string of the molecule is Cc1cc(C#N)ccc1C1(CC2c3ccccc3Oc3ccccc32)NC(=O)NC1=O. The fourth-order valence-corrected chi connectivity index (χ4v) is 4.68. The molecule has 3 aromatic rings. The molecule has 0 aromatic heterocycles.